The van der Waals surface area contributed by atoms with Gasteiger partial charge in [0.1, 0.15) is 0 Å². The topological polar surface area (TPSA) is 26.3 Å². The molecule has 2 nitrogen and oxygen atoms in total. The number of ether oxygens (including phenoxy) is 1. The molecular formula is C12H16O2S. The summed E-state index contributed by atoms with van der Waals surface area (Å²) < 4.78 is 4.63. The molecule has 0 aromatic heterocycles. The third-order valence-electron chi connectivity index (χ3n) is 2.04. The number of benzene rings is 1. The molecule has 1 rings (SSSR count). The van der Waals surface area contributed by atoms with Gasteiger partial charge < -0.3 is 4.74 Å². The minimum Gasteiger partial charge on any atom is -0.465 e. The first-order valence-electron chi connectivity index (χ1n) is 5.09. The zero-order chi connectivity index (χ0) is 11.1. The van der Waals surface area contributed by atoms with E-state index in [1.165, 1.54) is 24.8 Å². The number of esters is 1. The van der Waals surface area contributed by atoms with Crippen LogP contribution in [0.3, 0.4) is 0 Å². The third kappa shape index (κ3) is 3.96. The lowest BCUT2D eigenvalue weighted by Crippen LogP contribution is -2.00. The number of methoxy groups -OCH3 is 1. The molecule has 1 aromatic carbocycles. The molecule has 0 unspecified atom stereocenters. The van der Waals surface area contributed by atoms with Gasteiger partial charge in [-0.1, -0.05) is 13.3 Å². The number of unbranched alkanes of at least 4 members (excludes halogenated alkanes) is 1. The molecule has 0 aliphatic heterocycles. The van der Waals surface area contributed by atoms with Crippen LogP contribution in [0.25, 0.3) is 0 Å². The van der Waals surface area contributed by atoms with E-state index in [9.17, 15) is 4.79 Å². The molecule has 0 heterocycles. The molecule has 0 aliphatic carbocycles. The highest BCUT2D eigenvalue weighted by Gasteiger charge is 2.03. The maximum atomic E-state index is 11.2. The van der Waals surface area contributed by atoms with Crippen LogP contribution in [0.1, 0.15) is 30.1 Å². The molecule has 3 heteroatoms. The zero-order valence-electron chi connectivity index (χ0n) is 9.16. The average Bonchev–Trinajstić information content (AvgIpc) is 2.29. The second-order valence-electron chi connectivity index (χ2n) is 3.22. The van der Waals surface area contributed by atoms with Crippen molar-refractivity contribution in [3.8, 4) is 0 Å². The monoisotopic (exact) mass is 224 g/mol. The lowest BCUT2D eigenvalue weighted by molar-refractivity contribution is 0.0600. The Morgan fingerprint density at radius 3 is 2.53 bits per heavy atom. The molecule has 0 amide bonds. The van der Waals surface area contributed by atoms with Crippen LogP contribution >= 0.6 is 11.8 Å². The van der Waals surface area contributed by atoms with Gasteiger partial charge in [-0.05, 0) is 36.4 Å². The molecule has 82 valence electrons. The van der Waals surface area contributed by atoms with E-state index in [2.05, 4.69) is 11.7 Å². The van der Waals surface area contributed by atoms with E-state index in [-0.39, 0.29) is 5.97 Å². The molecule has 0 bridgehead atoms. The summed E-state index contributed by atoms with van der Waals surface area (Å²) in [6.07, 6.45) is 2.44. The Morgan fingerprint density at radius 1 is 1.33 bits per heavy atom. The summed E-state index contributed by atoms with van der Waals surface area (Å²) in [7, 11) is 1.40. The van der Waals surface area contributed by atoms with Gasteiger partial charge in [-0.15, -0.1) is 11.8 Å². The normalized spacial score (nSPS) is 10.0. The minimum absolute atomic E-state index is 0.278. The van der Waals surface area contributed by atoms with Crippen molar-refractivity contribution in [2.24, 2.45) is 0 Å². The Morgan fingerprint density at radius 2 is 2.00 bits per heavy atom. The van der Waals surface area contributed by atoms with Crippen LogP contribution < -0.4 is 0 Å². The van der Waals surface area contributed by atoms with Gasteiger partial charge in [0.05, 0.1) is 12.7 Å². The van der Waals surface area contributed by atoms with E-state index >= 15 is 0 Å². The third-order valence-corrected chi connectivity index (χ3v) is 3.14. The number of carbonyl (C=O) groups excluding carboxylic acids is 1. The highest BCUT2D eigenvalue weighted by Crippen LogP contribution is 2.19. The first-order chi connectivity index (χ1) is 7.27. The van der Waals surface area contributed by atoms with Crippen molar-refractivity contribution in [1.82, 2.24) is 0 Å². The van der Waals surface area contributed by atoms with Crippen LogP contribution in [0, 0.1) is 0 Å². The molecule has 0 saturated heterocycles. The lowest BCUT2D eigenvalue weighted by Gasteiger charge is -2.02. The van der Waals surface area contributed by atoms with Gasteiger partial charge in [0.15, 0.2) is 0 Å². The number of rotatable bonds is 5. The van der Waals surface area contributed by atoms with Crippen molar-refractivity contribution in [3.63, 3.8) is 0 Å². The summed E-state index contributed by atoms with van der Waals surface area (Å²) in [5.41, 5.74) is 0.609. The highest BCUT2D eigenvalue weighted by molar-refractivity contribution is 7.99. The smallest absolute Gasteiger partial charge is 0.337 e. The van der Waals surface area contributed by atoms with Crippen LogP contribution in [0.15, 0.2) is 29.2 Å². The van der Waals surface area contributed by atoms with E-state index in [0.717, 1.165) is 5.75 Å². The molecule has 0 saturated carbocycles. The summed E-state index contributed by atoms with van der Waals surface area (Å²) in [6.45, 7) is 2.18. The van der Waals surface area contributed by atoms with Crippen LogP contribution in [0.4, 0.5) is 0 Å². The SMILES string of the molecule is CCCCSc1ccc(C(=O)OC)cc1. The predicted octanol–water partition coefficient (Wildman–Crippen LogP) is 3.37. The molecular weight excluding hydrogens is 208 g/mol. The van der Waals surface area contributed by atoms with Crippen molar-refractivity contribution >= 4 is 17.7 Å². The van der Waals surface area contributed by atoms with Gasteiger partial charge in [-0.2, -0.15) is 0 Å². The average molecular weight is 224 g/mol. The van der Waals surface area contributed by atoms with E-state index in [4.69, 9.17) is 0 Å². The van der Waals surface area contributed by atoms with Crippen molar-refractivity contribution in [2.75, 3.05) is 12.9 Å². The van der Waals surface area contributed by atoms with Gasteiger partial charge in [-0.25, -0.2) is 4.79 Å². The van der Waals surface area contributed by atoms with Crippen LogP contribution in [-0.2, 0) is 4.74 Å². The Kier molecular flexibility index (Phi) is 5.26. The molecule has 1 aromatic rings. The second kappa shape index (κ2) is 6.51. The summed E-state index contributed by atoms with van der Waals surface area (Å²) >= 11 is 1.82. The van der Waals surface area contributed by atoms with E-state index in [0.29, 0.717) is 5.56 Å². The van der Waals surface area contributed by atoms with Gasteiger partial charge in [0.2, 0.25) is 0 Å². The minimum atomic E-state index is -0.278. The number of thioether (sulfide) groups is 1. The maximum absolute atomic E-state index is 11.2. The van der Waals surface area contributed by atoms with E-state index < -0.39 is 0 Å². The fraction of sp³-hybridized carbons (Fsp3) is 0.417. The maximum Gasteiger partial charge on any atom is 0.337 e. The van der Waals surface area contributed by atoms with Gasteiger partial charge in [0, 0.05) is 4.90 Å². The van der Waals surface area contributed by atoms with Crippen molar-refractivity contribution in [1.29, 1.82) is 0 Å². The Hall–Kier alpha value is -0.960. The van der Waals surface area contributed by atoms with Gasteiger partial charge in [0.25, 0.3) is 0 Å². The Balaban J connectivity index is 2.52. The number of carbonyl (C=O) groups is 1. The molecule has 0 N–H and O–H groups in total. The molecule has 0 radical (unpaired) electrons. The lowest BCUT2D eigenvalue weighted by atomic mass is 10.2. The fourth-order valence-corrected chi connectivity index (χ4v) is 2.14. The summed E-state index contributed by atoms with van der Waals surface area (Å²) in [6, 6.07) is 7.54. The quantitative estimate of drug-likeness (QED) is 0.436. The van der Waals surface area contributed by atoms with Crippen molar-refractivity contribution < 1.29 is 9.53 Å². The van der Waals surface area contributed by atoms with Crippen LogP contribution in [0.5, 0.6) is 0 Å². The fourth-order valence-electron chi connectivity index (χ4n) is 1.14. The van der Waals surface area contributed by atoms with Gasteiger partial charge >= 0.3 is 5.97 Å². The largest absolute Gasteiger partial charge is 0.465 e. The summed E-state index contributed by atoms with van der Waals surface area (Å²) in [5, 5.41) is 0. The van der Waals surface area contributed by atoms with Gasteiger partial charge in [-0.3, -0.25) is 0 Å². The van der Waals surface area contributed by atoms with E-state index in [1.54, 1.807) is 12.1 Å². The second-order valence-corrected chi connectivity index (χ2v) is 4.39. The first-order valence-corrected chi connectivity index (χ1v) is 6.07. The van der Waals surface area contributed by atoms with Crippen molar-refractivity contribution in [2.45, 2.75) is 24.7 Å². The number of hydrogen-bond donors (Lipinski definition) is 0. The summed E-state index contributed by atoms with van der Waals surface area (Å²) in [4.78, 5) is 12.4. The van der Waals surface area contributed by atoms with Crippen molar-refractivity contribution in [3.05, 3.63) is 29.8 Å². The first kappa shape index (κ1) is 12.1. The van der Waals surface area contributed by atoms with Crippen LogP contribution in [-0.4, -0.2) is 18.8 Å². The predicted molar refractivity (Wildman–Crippen MR) is 63.4 cm³/mol. The van der Waals surface area contributed by atoms with Crippen LogP contribution in [0.2, 0.25) is 0 Å². The Labute approximate surface area is 95.0 Å². The molecule has 0 spiro atoms. The van der Waals surface area contributed by atoms with E-state index in [1.807, 2.05) is 23.9 Å². The molecule has 0 fully saturated rings. The summed E-state index contributed by atoms with van der Waals surface area (Å²) in [5.74, 6) is 0.855. The standard InChI is InChI=1S/C12H16O2S/c1-3-4-9-15-11-7-5-10(6-8-11)12(13)14-2/h5-8H,3-4,9H2,1-2H3. The molecule has 15 heavy (non-hydrogen) atoms. The molecule has 0 aliphatic rings. The molecule has 0 atom stereocenters. The zero-order valence-corrected chi connectivity index (χ0v) is 9.97. The Bertz CT molecular complexity index is 306. The highest BCUT2D eigenvalue weighted by atomic mass is 32.2. The number of hydrogen-bond acceptors (Lipinski definition) is 3.